The molecule has 0 aliphatic carbocycles. The van der Waals surface area contributed by atoms with E-state index in [1.54, 1.807) is 6.07 Å². The molecule has 4 aromatic rings. The van der Waals surface area contributed by atoms with Crippen LogP contribution in [-0.4, -0.2) is 25.4 Å². The van der Waals surface area contributed by atoms with Crippen molar-refractivity contribution in [3.63, 3.8) is 0 Å². The van der Waals surface area contributed by atoms with Crippen LogP contribution < -0.4 is 10.1 Å². The summed E-state index contributed by atoms with van der Waals surface area (Å²) in [7, 11) is 0. The van der Waals surface area contributed by atoms with Gasteiger partial charge in [-0.15, -0.1) is 10.2 Å². The highest BCUT2D eigenvalue weighted by Crippen LogP contribution is 2.40. The number of rotatable bonds is 4. The fraction of sp³-hybridized carbons (Fsp3) is 0.0870. The maximum atomic E-state index is 9.94. The quantitative estimate of drug-likeness (QED) is 0.315. The summed E-state index contributed by atoms with van der Waals surface area (Å²) < 4.78 is 6.18. The van der Waals surface area contributed by atoms with E-state index in [1.807, 2.05) is 54.6 Å². The third-order valence-corrected chi connectivity index (χ3v) is 5.76. The number of para-hydroxylation sites is 1. The van der Waals surface area contributed by atoms with E-state index >= 15 is 0 Å². The fourth-order valence-electron chi connectivity index (χ4n) is 3.28. The number of ether oxygens (including phenoxy) is 1. The van der Waals surface area contributed by atoms with Crippen LogP contribution in [0.25, 0.3) is 11.3 Å². The monoisotopic (exact) mass is 430 g/mol. The van der Waals surface area contributed by atoms with Crippen LogP contribution in [0.3, 0.4) is 0 Å². The molecule has 5 rings (SSSR count). The van der Waals surface area contributed by atoms with Gasteiger partial charge < -0.3 is 20.3 Å². The van der Waals surface area contributed by atoms with Gasteiger partial charge in [0.05, 0.1) is 0 Å². The molecule has 1 atom stereocenters. The largest absolute Gasteiger partial charge is 0.504 e. The average Bonchev–Trinajstić information content (AvgIpc) is 2.96. The zero-order chi connectivity index (χ0) is 21.2. The molecule has 7 nitrogen and oxygen atoms in total. The molecule has 31 heavy (non-hydrogen) atoms. The number of nitrogens with one attached hydrogen (secondary N) is 1. The molecule has 0 saturated heterocycles. The molecule has 0 radical (unpaired) electrons. The summed E-state index contributed by atoms with van der Waals surface area (Å²) in [4.78, 5) is 4.62. The predicted octanol–water partition coefficient (Wildman–Crippen LogP) is 4.75. The normalized spacial score (nSPS) is 14.5. The SMILES string of the molecule is Oc1ccc([C@@H]2Nc3ccccc3-c3nnc(SCc4ccccc4)nc3O2)cc1O. The molecule has 1 aliphatic heterocycles. The Morgan fingerprint density at radius 2 is 1.71 bits per heavy atom. The number of nitrogens with zero attached hydrogens (tertiary/aromatic N) is 3. The summed E-state index contributed by atoms with van der Waals surface area (Å²) >= 11 is 1.48. The van der Waals surface area contributed by atoms with Crippen molar-refractivity contribution in [2.45, 2.75) is 17.1 Å². The number of fused-ring (bicyclic) bond motifs is 3. The molecule has 0 spiro atoms. The number of phenols is 2. The summed E-state index contributed by atoms with van der Waals surface area (Å²) in [6.45, 7) is 0. The minimum absolute atomic E-state index is 0.193. The first-order chi connectivity index (χ1) is 15.2. The van der Waals surface area contributed by atoms with E-state index in [0.717, 1.165) is 16.8 Å². The zero-order valence-corrected chi connectivity index (χ0v) is 17.1. The highest BCUT2D eigenvalue weighted by atomic mass is 32.2. The second-order valence-corrected chi connectivity index (χ2v) is 7.90. The molecular formula is C23H18N4O3S. The van der Waals surface area contributed by atoms with Crippen molar-refractivity contribution in [1.82, 2.24) is 15.2 Å². The van der Waals surface area contributed by atoms with Gasteiger partial charge in [-0.1, -0.05) is 60.3 Å². The number of hydrogen-bond donors (Lipinski definition) is 3. The third-order valence-electron chi connectivity index (χ3n) is 4.85. The Kier molecular flexibility index (Phi) is 5.05. The maximum absolute atomic E-state index is 9.94. The highest BCUT2D eigenvalue weighted by Gasteiger charge is 2.26. The molecule has 0 fully saturated rings. The topological polar surface area (TPSA) is 100 Å². The summed E-state index contributed by atoms with van der Waals surface area (Å²) in [5.41, 5.74) is 3.96. The van der Waals surface area contributed by atoms with Gasteiger partial charge in [-0.3, -0.25) is 0 Å². The van der Waals surface area contributed by atoms with Crippen molar-refractivity contribution < 1.29 is 14.9 Å². The highest BCUT2D eigenvalue weighted by molar-refractivity contribution is 7.98. The molecule has 3 N–H and O–H groups in total. The first-order valence-electron chi connectivity index (χ1n) is 9.63. The zero-order valence-electron chi connectivity index (χ0n) is 16.3. The summed E-state index contributed by atoms with van der Waals surface area (Å²) in [6, 6.07) is 22.3. The number of aromatic nitrogens is 3. The van der Waals surface area contributed by atoms with E-state index in [-0.39, 0.29) is 11.5 Å². The van der Waals surface area contributed by atoms with Gasteiger partial charge in [0, 0.05) is 22.6 Å². The smallest absolute Gasteiger partial charge is 0.247 e. The maximum Gasteiger partial charge on any atom is 0.247 e. The molecule has 1 aromatic heterocycles. The molecule has 2 heterocycles. The van der Waals surface area contributed by atoms with E-state index < -0.39 is 6.23 Å². The lowest BCUT2D eigenvalue weighted by Gasteiger charge is -2.19. The van der Waals surface area contributed by atoms with Crippen LogP contribution in [0, 0.1) is 0 Å². The number of phenolic OH excluding ortho intramolecular Hbond substituents is 2. The Bertz CT molecular complexity index is 1240. The van der Waals surface area contributed by atoms with Gasteiger partial charge in [-0.05, 0) is 29.8 Å². The number of benzene rings is 3. The second kappa shape index (κ2) is 8.16. The number of anilines is 1. The van der Waals surface area contributed by atoms with E-state index in [2.05, 4.69) is 20.5 Å². The van der Waals surface area contributed by atoms with Gasteiger partial charge >= 0.3 is 0 Å². The molecular weight excluding hydrogens is 412 g/mol. The van der Waals surface area contributed by atoms with Gasteiger partial charge in [0.1, 0.15) is 0 Å². The Balaban J connectivity index is 1.51. The van der Waals surface area contributed by atoms with Crippen molar-refractivity contribution in [2.24, 2.45) is 0 Å². The van der Waals surface area contributed by atoms with Crippen LogP contribution >= 0.6 is 11.8 Å². The average molecular weight is 430 g/mol. The minimum atomic E-state index is -0.641. The lowest BCUT2D eigenvalue weighted by molar-refractivity contribution is 0.224. The van der Waals surface area contributed by atoms with Crippen molar-refractivity contribution in [2.75, 3.05) is 5.32 Å². The molecule has 8 heteroatoms. The molecule has 154 valence electrons. The Hall–Kier alpha value is -3.78. The van der Waals surface area contributed by atoms with Crippen LogP contribution in [-0.2, 0) is 5.75 Å². The van der Waals surface area contributed by atoms with Crippen molar-refractivity contribution in [3.8, 4) is 28.6 Å². The van der Waals surface area contributed by atoms with Crippen molar-refractivity contribution in [3.05, 3.63) is 83.9 Å². The lowest BCUT2D eigenvalue weighted by Crippen LogP contribution is -2.17. The number of aromatic hydroxyl groups is 2. The Morgan fingerprint density at radius 1 is 0.903 bits per heavy atom. The van der Waals surface area contributed by atoms with Gasteiger partial charge in [0.15, 0.2) is 23.4 Å². The molecule has 0 amide bonds. The molecule has 3 aromatic carbocycles. The lowest BCUT2D eigenvalue weighted by atomic mass is 10.1. The van der Waals surface area contributed by atoms with Crippen LogP contribution in [0.5, 0.6) is 17.4 Å². The van der Waals surface area contributed by atoms with Gasteiger partial charge in [0.25, 0.3) is 0 Å². The van der Waals surface area contributed by atoms with Crippen LogP contribution in [0.15, 0.2) is 78.0 Å². The second-order valence-electron chi connectivity index (χ2n) is 6.96. The standard InChI is InChI=1S/C23H18N4O3S/c28-18-11-10-15(12-19(18)29)21-24-17-9-5-4-8-16(17)20-22(30-21)25-23(27-26-20)31-13-14-6-2-1-3-7-14/h1-12,21,24,28-29H,13H2/t21-/m1/s1. The van der Waals surface area contributed by atoms with Crippen molar-refractivity contribution >= 4 is 17.4 Å². The number of hydrogen-bond acceptors (Lipinski definition) is 8. The van der Waals surface area contributed by atoms with Crippen molar-refractivity contribution in [1.29, 1.82) is 0 Å². The Morgan fingerprint density at radius 3 is 2.55 bits per heavy atom. The molecule has 1 aliphatic rings. The number of thioether (sulfide) groups is 1. The van der Waals surface area contributed by atoms with E-state index in [4.69, 9.17) is 4.74 Å². The Labute approximate surface area is 182 Å². The summed E-state index contributed by atoms with van der Waals surface area (Å²) in [5, 5.41) is 32.1. The summed E-state index contributed by atoms with van der Waals surface area (Å²) in [6.07, 6.45) is -0.641. The molecule has 0 saturated carbocycles. The molecule has 0 bridgehead atoms. The fourth-order valence-corrected chi connectivity index (χ4v) is 4.02. The first kappa shape index (κ1) is 19.2. The van der Waals surface area contributed by atoms with Gasteiger partial charge in [0.2, 0.25) is 11.0 Å². The van der Waals surface area contributed by atoms with E-state index in [0.29, 0.717) is 28.0 Å². The van der Waals surface area contributed by atoms with Crippen LogP contribution in [0.2, 0.25) is 0 Å². The first-order valence-corrected chi connectivity index (χ1v) is 10.6. The minimum Gasteiger partial charge on any atom is -0.504 e. The summed E-state index contributed by atoms with van der Waals surface area (Å²) in [5.74, 6) is 0.647. The van der Waals surface area contributed by atoms with Gasteiger partial charge in [-0.2, -0.15) is 4.98 Å². The third kappa shape index (κ3) is 3.97. The predicted molar refractivity (Wildman–Crippen MR) is 118 cm³/mol. The van der Waals surface area contributed by atoms with Crippen LogP contribution in [0.1, 0.15) is 17.4 Å². The van der Waals surface area contributed by atoms with E-state index in [1.165, 1.54) is 23.9 Å². The molecule has 0 unspecified atom stereocenters. The van der Waals surface area contributed by atoms with Gasteiger partial charge in [-0.25, -0.2) is 0 Å². The van der Waals surface area contributed by atoms with Crippen LogP contribution in [0.4, 0.5) is 5.69 Å². The van der Waals surface area contributed by atoms with E-state index in [9.17, 15) is 10.2 Å².